The normalized spacial score (nSPS) is 19.6. The highest BCUT2D eigenvalue weighted by molar-refractivity contribution is 5.69. The molecule has 0 spiro atoms. The topological polar surface area (TPSA) is 49.8 Å². The van der Waals surface area contributed by atoms with Crippen molar-refractivity contribution in [3.63, 3.8) is 0 Å². The van der Waals surface area contributed by atoms with Gasteiger partial charge in [-0.15, -0.1) is 0 Å². The van der Waals surface area contributed by atoms with E-state index in [9.17, 15) is 9.90 Å². The first-order valence-corrected chi connectivity index (χ1v) is 5.86. The van der Waals surface area contributed by atoms with Crippen molar-refractivity contribution < 1.29 is 14.6 Å². The summed E-state index contributed by atoms with van der Waals surface area (Å²) in [5.74, 6) is 0.443. The first-order chi connectivity index (χ1) is 7.20. The van der Waals surface area contributed by atoms with E-state index in [1.807, 2.05) is 34.6 Å². The van der Waals surface area contributed by atoms with Crippen LogP contribution in [-0.4, -0.2) is 40.9 Å². The van der Waals surface area contributed by atoms with E-state index in [1.165, 1.54) is 0 Å². The Labute approximate surface area is 97.6 Å². The first-order valence-electron chi connectivity index (χ1n) is 5.86. The fourth-order valence-electron chi connectivity index (χ4n) is 1.75. The summed E-state index contributed by atoms with van der Waals surface area (Å²) in [7, 11) is 0. The van der Waals surface area contributed by atoms with Gasteiger partial charge in [-0.05, 0) is 26.7 Å². The van der Waals surface area contributed by atoms with Crippen LogP contribution in [0.3, 0.4) is 0 Å². The van der Waals surface area contributed by atoms with Gasteiger partial charge in [-0.3, -0.25) is 0 Å². The van der Waals surface area contributed by atoms with Crippen LogP contribution < -0.4 is 0 Å². The Kier molecular flexibility index (Phi) is 3.84. The van der Waals surface area contributed by atoms with Gasteiger partial charge in [0.2, 0.25) is 0 Å². The number of hydrogen-bond donors (Lipinski definition) is 1. The third-order valence-corrected chi connectivity index (χ3v) is 2.73. The molecule has 1 heterocycles. The summed E-state index contributed by atoms with van der Waals surface area (Å²) in [6.45, 7) is 10.7. The minimum Gasteiger partial charge on any atom is -0.444 e. The van der Waals surface area contributed by atoms with Gasteiger partial charge in [0.25, 0.3) is 0 Å². The Bertz CT molecular complexity index is 251. The molecule has 4 nitrogen and oxygen atoms in total. The van der Waals surface area contributed by atoms with E-state index in [0.717, 1.165) is 0 Å². The minimum atomic E-state index is -0.446. The standard InChI is InChI=1S/C12H23NO3/c1-8(2)10(14)9-6-13(7-9)11(15)16-12(3,4)5/h8-10,14H,6-7H2,1-5H3/t10-/m1/s1. The van der Waals surface area contributed by atoms with Gasteiger partial charge in [-0.2, -0.15) is 0 Å². The fraction of sp³-hybridized carbons (Fsp3) is 0.917. The molecule has 0 aliphatic carbocycles. The molecule has 16 heavy (non-hydrogen) atoms. The monoisotopic (exact) mass is 229 g/mol. The van der Waals surface area contributed by atoms with Gasteiger partial charge in [-0.25, -0.2) is 4.79 Å². The lowest BCUT2D eigenvalue weighted by molar-refractivity contribution is -0.0425. The number of ether oxygens (including phenoxy) is 1. The largest absolute Gasteiger partial charge is 0.444 e. The highest BCUT2D eigenvalue weighted by atomic mass is 16.6. The van der Waals surface area contributed by atoms with E-state index >= 15 is 0 Å². The van der Waals surface area contributed by atoms with Crippen LogP contribution >= 0.6 is 0 Å². The molecule has 0 radical (unpaired) electrons. The molecule has 1 aliphatic heterocycles. The SMILES string of the molecule is CC(C)[C@@H](O)C1CN(C(=O)OC(C)(C)C)C1. The zero-order chi connectivity index (χ0) is 12.5. The first kappa shape index (κ1) is 13.3. The maximum absolute atomic E-state index is 11.6. The number of carbonyl (C=O) groups is 1. The summed E-state index contributed by atoms with van der Waals surface area (Å²) >= 11 is 0. The van der Waals surface area contributed by atoms with Crippen molar-refractivity contribution in [2.45, 2.75) is 46.3 Å². The van der Waals surface area contributed by atoms with Gasteiger partial charge in [-0.1, -0.05) is 13.8 Å². The van der Waals surface area contributed by atoms with E-state index in [4.69, 9.17) is 4.74 Å². The Morgan fingerprint density at radius 3 is 2.25 bits per heavy atom. The quantitative estimate of drug-likeness (QED) is 0.786. The Morgan fingerprint density at radius 2 is 1.88 bits per heavy atom. The van der Waals surface area contributed by atoms with Gasteiger partial charge < -0.3 is 14.7 Å². The molecule has 1 amide bonds. The number of likely N-dealkylation sites (tertiary alicyclic amines) is 1. The summed E-state index contributed by atoms with van der Waals surface area (Å²) in [5.41, 5.74) is -0.446. The van der Waals surface area contributed by atoms with Gasteiger partial charge in [0, 0.05) is 19.0 Å². The molecule has 0 aromatic carbocycles. The van der Waals surface area contributed by atoms with Gasteiger partial charge in [0.1, 0.15) is 5.60 Å². The summed E-state index contributed by atoms with van der Waals surface area (Å²) in [6.07, 6.45) is -0.599. The molecule has 0 saturated carbocycles. The molecular formula is C12H23NO3. The second-order valence-electron chi connectivity index (χ2n) is 5.88. The number of aliphatic hydroxyl groups excluding tert-OH is 1. The van der Waals surface area contributed by atoms with Crippen molar-refractivity contribution in [1.29, 1.82) is 0 Å². The lowest BCUT2D eigenvalue weighted by atomic mass is 9.87. The second-order valence-corrected chi connectivity index (χ2v) is 5.88. The van der Waals surface area contributed by atoms with Crippen molar-refractivity contribution in [2.24, 2.45) is 11.8 Å². The maximum atomic E-state index is 11.6. The van der Waals surface area contributed by atoms with Crippen LogP contribution in [0.1, 0.15) is 34.6 Å². The van der Waals surface area contributed by atoms with Crippen molar-refractivity contribution in [3.05, 3.63) is 0 Å². The Hall–Kier alpha value is -0.770. The van der Waals surface area contributed by atoms with Crippen LogP contribution in [0.15, 0.2) is 0 Å². The van der Waals surface area contributed by atoms with Crippen molar-refractivity contribution in [3.8, 4) is 0 Å². The Morgan fingerprint density at radius 1 is 1.38 bits per heavy atom. The number of amides is 1. The van der Waals surface area contributed by atoms with Crippen molar-refractivity contribution in [2.75, 3.05) is 13.1 Å². The van der Waals surface area contributed by atoms with E-state index in [2.05, 4.69) is 0 Å². The molecule has 94 valence electrons. The van der Waals surface area contributed by atoms with Crippen LogP contribution in [0, 0.1) is 11.8 Å². The molecule has 1 rings (SSSR count). The molecule has 1 saturated heterocycles. The molecule has 0 bridgehead atoms. The summed E-state index contributed by atoms with van der Waals surface area (Å²) in [4.78, 5) is 13.2. The lowest BCUT2D eigenvalue weighted by Gasteiger charge is -2.42. The number of aliphatic hydroxyl groups is 1. The van der Waals surface area contributed by atoms with Gasteiger partial charge in [0.15, 0.2) is 0 Å². The summed E-state index contributed by atoms with van der Waals surface area (Å²) in [6, 6.07) is 0. The lowest BCUT2D eigenvalue weighted by Crippen LogP contribution is -2.56. The molecule has 0 aromatic rings. The fourth-order valence-corrected chi connectivity index (χ4v) is 1.75. The average molecular weight is 229 g/mol. The van der Waals surface area contributed by atoms with Crippen LogP contribution in [0.5, 0.6) is 0 Å². The zero-order valence-electron chi connectivity index (χ0n) is 10.9. The van der Waals surface area contributed by atoms with Crippen molar-refractivity contribution in [1.82, 2.24) is 4.90 Å². The molecule has 0 aromatic heterocycles. The summed E-state index contributed by atoms with van der Waals surface area (Å²) in [5, 5.41) is 9.80. The van der Waals surface area contributed by atoms with Crippen LogP contribution in [0.2, 0.25) is 0 Å². The van der Waals surface area contributed by atoms with E-state index < -0.39 is 5.60 Å². The minimum absolute atomic E-state index is 0.201. The predicted molar refractivity (Wildman–Crippen MR) is 62.1 cm³/mol. The third-order valence-electron chi connectivity index (χ3n) is 2.73. The molecule has 1 atom stereocenters. The van der Waals surface area contributed by atoms with Crippen LogP contribution in [0.4, 0.5) is 4.79 Å². The maximum Gasteiger partial charge on any atom is 0.410 e. The van der Waals surface area contributed by atoms with Crippen LogP contribution in [-0.2, 0) is 4.74 Å². The van der Waals surface area contributed by atoms with E-state index in [-0.39, 0.29) is 24.0 Å². The summed E-state index contributed by atoms with van der Waals surface area (Å²) < 4.78 is 5.24. The third kappa shape index (κ3) is 3.37. The second kappa shape index (κ2) is 4.62. The molecule has 0 unspecified atom stereocenters. The average Bonchev–Trinajstić information content (AvgIpc) is 1.96. The highest BCUT2D eigenvalue weighted by Gasteiger charge is 2.38. The van der Waals surface area contributed by atoms with E-state index in [0.29, 0.717) is 13.1 Å². The molecule has 4 heteroatoms. The molecule has 1 aliphatic rings. The number of nitrogens with zero attached hydrogens (tertiary/aromatic N) is 1. The molecular weight excluding hydrogens is 206 g/mol. The highest BCUT2D eigenvalue weighted by Crippen LogP contribution is 2.25. The van der Waals surface area contributed by atoms with Gasteiger partial charge in [0.05, 0.1) is 6.10 Å². The van der Waals surface area contributed by atoms with E-state index in [1.54, 1.807) is 4.90 Å². The molecule has 1 N–H and O–H groups in total. The zero-order valence-corrected chi connectivity index (χ0v) is 10.9. The molecule has 1 fully saturated rings. The number of carbonyl (C=O) groups excluding carboxylic acids is 1. The smallest absolute Gasteiger partial charge is 0.410 e. The van der Waals surface area contributed by atoms with Gasteiger partial charge >= 0.3 is 6.09 Å². The number of hydrogen-bond acceptors (Lipinski definition) is 3. The predicted octanol–water partition coefficient (Wildman–Crippen LogP) is 1.87. The number of rotatable bonds is 2. The Balaban J connectivity index is 2.33. The van der Waals surface area contributed by atoms with Crippen LogP contribution in [0.25, 0.3) is 0 Å². The van der Waals surface area contributed by atoms with Crippen molar-refractivity contribution >= 4 is 6.09 Å².